The molecule has 5 nitrogen and oxygen atoms in total. The molecule has 1 aliphatic heterocycles. The van der Waals surface area contributed by atoms with Crippen LogP contribution < -0.4 is 4.90 Å². The lowest BCUT2D eigenvalue weighted by Crippen LogP contribution is -2.23. The molecule has 2 heterocycles. The van der Waals surface area contributed by atoms with Gasteiger partial charge in [0.05, 0.1) is 13.3 Å². The number of anilines is 1. The summed E-state index contributed by atoms with van der Waals surface area (Å²) in [5.41, 5.74) is 0.0715. The minimum absolute atomic E-state index is 0.0715. The van der Waals surface area contributed by atoms with Crippen LogP contribution >= 0.6 is 11.6 Å². The Kier molecular flexibility index (Phi) is 2.43. The highest BCUT2D eigenvalue weighted by Crippen LogP contribution is 2.45. The molecule has 1 aromatic heterocycles. The second-order valence-electron chi connectivity index (χ2n) is 4.52. The van der Waals surface area contributed by atoms with Crippen molar-refractivity contribution in [1.82, 2.24) is 9.97 Å². The molecule has 2 atom stereocenters. The normalized spacial score (nSPS) is 25.6. The average Bonchev–Trinajstić information content (AvgIpc) is 2.95. The molecular weight excluding hydrogens is 242 g/mol. The zero-order chi connectivity index (χ0) is 12.0. The number of rotatable bonds is 2. The molecule has 2 aliphatic rings. The van der Waals surface area contributed by atoms with Crippen LogP contribution in [0.1, 0.15) is 16.9 Å². The fourth-order valence-electron chi connectivity index (χ4n) is 2.33. The van der Waals surface area contributed by atoms with E-state index in [0.717, 1.165) is 30.7 Å². The Morgan fingerprint density at radius 1 is 1.53 bits per heavy atom. The van der Waals surface area contributed by atoms with E-state index >= 15 is 0 Å². The first-order chi connectivity index (χ1) is 8.19. The fraction of sp³-hybridized carbons (Fsp3) is 0.545. The first-order valence-corrected chi connectivity index (χ1v) is 5.92. The number of methoxy groups -OCH3 is 1. The predicted molar refractivity (Wildman–Crippen MR) is 62.2 cm³/mol. The van der Waals surface area contributed by atoms with Crippen LogP contribution in [0.4, 0.5) is 5.82 Å². The zero-order valence-electron chi connectivity index (χ0n) is 9.39. The van der Waals surface area contributed by atoms with Crippen molar-refractivity contribution in [3.05, 3.63) is 17.0 Å². The van der Waals surface area contributed by atoms with Crippen LogP contribution in [0, 0.1) is 11.8 Å². The molecule has 90 valence electrons. The third-order valence-corrected chi connectivity index (χ3v) is 3.66. The second kappa shape index (κ2) is 3.84. The second-order valence-corrected chi connectivity index (χ2v) is 4.88. The first kappa shape index (κ1) is 10.8. The molecule has 1 aromatic rings. The van der Waals surface area contributed by atoms with E-state index in [1.807, 2.05) is 0 Å². The smallest absolute Gasteiger partial charge is 0.359 e. The molecule has 2 fully saturated rings. The van der Waals surface area contributed by atoms with Crippen molar-refractivity contribution >= 4 is 23.4 Å². The summed E-state index contributed by atoms with van der Waals surface area (Å²) in [5, 5.41) is 0.106. The quantitative estimate of drug-likeness (QED) is 0.745. The van der Waals surface area contributed by atoms with Gasteiger partial charge in [-0.1, -0.05) is 11.6 Å². The van der Waals surface area contributed by atoms with Crippen LogP contribution in [0.5, 0.6) is 0 Å². The number of hydrogen-bond acceptors (Lipinski definition) is 5. The van der Waals surface area contributed by atoms with Crippen LogP contribution in [0.3, 0.4) is 0 Å². The van der Waals surface area contributed by atoms with Gasteiger partial charge in [-0.2, -0.15) is 0 Å². The molecule has 3 rings (SSSR count). The van der Waals surface area contributed by atoms with Gasteiger partial charge in [0.2, 0.25) is 0 Å². The zero-order valence-corrected chi connectivity index (χ0v) is 10.1. The number of hydrogen-bond donors (Lipinski definition) is 0. The van der Waals surface area contributed by atoms with Crippen molar-refractivity contribution in [2.45, 2.75) is 6.42 Å². The van der Waals surface area contributed by atoms with Crippen LogP contribution in [-0.2, 0) is 4.74 Å². The van der Waals surface area contributed by atoms with E-state index in [1.54, 1.807) is 6.20 Å². The van der Waals surface area contributed by atoms with Crippen LogP contribution in [0.2, 0.25) is 5.15 Å². The fourth-order valence-corrected chi connectivity index (χ4v) is 2.54. The van der Waals surface area contributed by atoms with Crippen LogP contribution in [-0.4, -0.2) is 36.1 Å². The summed E-state index contributed by atoms with van der Waals surface area (Å²) in [4.78, 5) is 21.7. The third kappa shape index (κ3) is 1.84. The number of aromatic nitrogens is 2. The molecule has 1 saturated heterocycles. The van der Waals surface area contributed by atoms with Crippen molar-refractivity contribution in [1.29, 1.82) is 0 Å². The topological polar surface area (TPSA) is 55.3 Å². The van der Waals surface area contributed by atoms with Gasteiger partial charge in [-0.25, -0.2) is 14.8 Å². The number of carbonyl (C=O) groups excluding carboxylic acids is 1. The number of fused-ring (bicyclic) bond motifs is 1. The van der Waals surface area contributed by atoms with E-state index in [2.05, 4.69) is 19.6 Å². The largest absolute Gasteiger partial charge is 0.464 e. The molecule has 17 heavy (non-hydrogen) atoms. The van der Waals surface area contributed by atoms with Crippen molar-refractivity contribution in [3.8, 4) is 0 Å². The Bertz CT molecular complexity index is 470. The lowest BCUT2D eigenvalue weighted by molar-refractivity contribution is 0.0594. The molecule has 0 spiro atoms. The molecule has 0 aromatic carbocycles. The maximum absolute atomic E-state index is 11.3. The van der Waals surface area contributed by atoms with Gasteiger partial charge < -0.3 is 9.64 Å². The molecule has 0 N–H and O–H groups in total. The minimum atomic E-state index is -0.557. The Morgan fingerprint density at radius 3 is 2.82 bits per heavy atom. The molecule has 0 amide bonds. The lowest BCUT2D eigenvalue weighted by atomic mass is 10.4. The number of halogens is 1. The highest BCUT2D eigenvalue weighted by molar-refractivity contribution is 6.32. The SMILES string of the molecule is COC(=O)c1ncc(N2CC3CC3C2)nc1Cl. The van der Waals surface area contributed by atoms with E-state index < -0.39 is 5.97 Å². The number of piperidine rings is 1. The number of ether oxygens (including phenoxy) is 1. The van der Waals surface area contributed by atoms with Gasteiger partial charge in [-0.05, 0) is 18.3 Å². The summed E-state index contributed by atoms with van der Waals surface area (Å²) < 4.78 is 4.57. The van der Waals surface area contributed by atoms with E-state index in [1.165, 1.54) is 13.5 Å². The van der Waals surface area contributed by atoms with E-state index in [0.29, 0.717) is 0 Å². The van der Waals surface area contributed by atoms with Gasteiger partial charge >= 0.3 is 5.97 Å². The molecule has 2 unspecified atom stereocenters. The minimum Gasteiger partial charge on any atom is -0.464 e. The Labute approximate surface area is 104 Å². The summed E-state index contributed by atoms with van der Waals surface area (Å²) in [6, 6.07) is 0. The van der Waals surface area contributed by atoms with Crippen molar-refractivity contribution in [3.63, 3.8) is 0 Å². The van der Waals surface area contributed by atoms with E-state index in [4.69, 9.17) is 11.6 Å². The van der Waals surface area contributed by atoms with Crippen LogP contribution in [0.15, 0.2) is 6.20 Å². The van der Waals surface area contributed by atoms with Gasteiger partial charge in [0.25, 0.3) is 0 Å². The summed E-state index contributed by atoms with van der Waals surface area (Å²) in [6.07, 6.45) is 2.92. The standard InChI is InChI=1S/C11H12ClN3O2/c1-17-11(16)9-10(12)14-8(3-13-9)15-4-6-2-7(6)5-15/h3,6-7H,2,4-5H2,1H3. The van der Waals surface area contributed by atoms with Gasteiger partial charge in [-0.15, -0.1) is 0 Å². The average molecular weight is 254 g/mol. The van der Waals surface area contributed by atoms with Gasteiger partial charge in [0.1, 0.15) is 5.82 Å². The summed E-state index contributed by atoms with van der Waals surface area (Å²) in [6.45, 7) is 2.04. The van der Waals surface area contributed by atoms with Crippen molar-refractivity contribution < 1.29 is 9.53 Å². The van der Waals surface area contributed by atoms with Gasteiger partial charge in [0, 0.05) is 13.1 Å². The Hall–Kier alpha value is -1.36. The Balaban J connectivity index is 1.83. The predicted octanol–water partition coefficient (Wildman–Crippen LogP) is 1.37. The first-order valence-electron chi connectivity index (χ1n) is 5.55. The lowest BCUT2D eigenvalue weighted by Gasteiger charge is -2.18. The molecule has 1 saturated carbocycles. The highest BCUT2D eigenvalue weighted by Gasteiger charge is 2.45. The van der Waals surface area contributed by atoms with E-state index in [-0.39, 0.29) is 10.8 Å². The summed E-state index contributed by atoms with van der Waals surface area (Å²) in [7, 11) is 1.29. The van der Waals surface area contributed by atoms with Gasteiger partial charge in [-0.3, -0.25) is 0 Å². The molecular formula is C11H12ClN3O2. The molecule has 6 heteroatoms. The van der Waals surface area contributed by atoms with E-state index in [9.17, 15) is 4.79 Å². The van der Waals surface area contributed by atoms with Gasteiger partial charge in [0.15, 0.2) is 10.8 Å². The molecule has 0 bridgehead atoms. The van der Waals surface area contributed by atoms with Crippen LogP contribution in [0.25, 0.3) is 0 Å². The maximum Gasteiger partial charge on any atom is 0.359 e. The highest BCUT2D eigenvalue weighted by atomic mass is 35.5. The summed E-state index contributed by atoms with van der Waals surface area (Å²) in [5.74, 6) is 1.82. The maximum atomic E-state index is 11.3. The molecule has 0 radical (unpaired) electrons. The number of nitrogens with zero attached hydrogens (tertiary/aromatic N) is 3. The van der Waals surface area contributed by atoms with Crippen molar-refractivity contribution in [2.24, 2.45) is 11.8 Å². The summed E-state index contributed by atoms with van der Waals surface area (Å²) >= 11 is 5.93. The number of carbonyl (C=O) groups is 1. The molecule has 1 aliphatic carbocycles. The number of esters is 1. The third-order valence-electron chi connectivity index (χ3n) is 3.40. The monoisotopic (exact) mass is 253 g/mol. The van der Waals surface area contributed by atoms with Crippen molar-refractivity contribution in [2.75, 3.05) is 25.1 Å². The Morgan fingerprint density at radius 2 is 2.24 bits per heavy atom.